The number of aromatic nitrogens is 1. The summed E-state index contributed by atoms with van der Waals surface area (Å²) < 4.78 is 6.72. The number of ether oxygens (including phenoxy) is 1. The summed E-state index contributed by atoms with van der Waals surface area (Å²) in [6, 6.07) is 25.6. The maximum absolute atomic E-state index is 13.2. The van der Waals surface area contributed by atoms with E-state index in [9.17, 15) is 4.79 Å². The Bertz CT molecular complexity index is 1150. The maximum Gasteiger partial charge on any atom is 0.253 e. The van der Waals surface area contributed by atoms with Crippen molar-refractivity contribution in [2.24, 2.45) is 0 Å². The van der Waals surface area contributed by atoms with Crippen molar-refractivity contribution < 1.29 is 9.53 Å². The summed E-state index contributed by atoms with van der Waals surface area (Å²) in [4.78, 5) is 19.7. The summed E-state index contributed by atoms with van der Waals surface area (Å²) in [6.07, 6.45) is 3.44. The first-order chi connectivity index (χ1) is 14.7. The molecule has 0 saturated carbocycles. The first-order valence-electron chi connectivity index (χ1n) is 9.85. The Morgan fingerprint density at radius 1 is 1.00 bits per heavy atom. The topological polar surface area (TPSA) is 42.4 Å². The van der Waals surface area contributed by atoms with E-state index in [1.54, 1.807) is 11.0 Å². The molecular formula is C25H22N2O2S. The van der Waals surface area contributed by atoms with Crippen molar-refractivity contribution in [2.75, 3.05) is 11.5 Å². The Kier molecular flexibility index (Phi) is 6.20. The molecule has 0 radical (unpaired) electrons. The lowest BCUT2D eigenvalue weighted by Crippen LogP contribution is -2.28. The van der Waals surface area contributed by atoms with E-state index in [0.717, 1.165) is 27.1 Å². The van der Waals surface area contributed by atoms with E-state index in [2.05, 4.69) is 0 Å². The molecule has 4 rings (SSSR count). The first-order valence-corrected chi connectivity index (χ1v) is 10.7. The minimum absolute atomic E-state index is 0.111. The zero-order valence-electron chi connectivity index (χ0n) is 16.7. The molecule has 1 aromatic heterocycles. The predicted molar refractivity (Wildman–Crippen MR) is 124 cm³/mol. The van der Waals surface area contributed by atoms with Crippen molar-refractivity contribution in [1.82, 2.24) is 4.98 Å². The van der Waals surface area contributed by atoms with Crippen molar-refractivity contribution in [3.63, 3.8) is 0 Å². The molecule has 1 heterocycles. The average molecular weight is 415 g/mol. The first kappa shape index (κ1) is 19.9. The summed E-state index contributed by atoms with van der Waals surface area (Å²) in [6.45, 7) is 2.97. The van der Waals surface area contributed by atoms with E-state index < -0.39 is 0 Å². The third-order valence-corrected chi connectivity index (χ3v) is 5.61. The lowest BCUT2D eigenvalue weighted by molar-refractivity contribution is -0.114. The van der Waals surface area contributed by atoms with Crippen LogP contribution < -0.4 is 9.64 Å². The summed E-state index contributed by atoms with van der Waals surface area (Å²) in [7, 11) is 0. The van der Waals surface area contributed by atoms with Crippen molar-refractivity contribution in [2.45, 2.75) is 13.5 Å². The van der Waals surface area contributed by atoms with Gasteiger partial charge >= 0.3 is 0 Å². The van der Waals surface area contributed by atoms with E-state index >= 15 is 0 Å². The van der Waals surface area contributed by atoms with Crippen LogP contribution in [-0.2, 0) is 11.3 Å². The van der Waals surface area contributed by atoms with Crippen LogP contribution in [0.5, 0.6) is 5.75 Å². The summed E-state index contributed by atoms with van der Waals surface area (Å²) in [5, 5.41) is 0.656. The fourth-order valence-corrected chi connectivity index (χ4v) is 4.11. The number of para-hydroxylation sites is 1. The van der Waals surface area contributed by atoms with Gasteiger partial charge in [-0.1, -0.05) is 78.1 Å². The number of carbonyl (C=O) groups is 1. The largest absolute Gasteiger partial charge is 0.492 e. The second kappa shape index (κ2) is 9.37. The molecule has 0 atom stereocenters. The van der Waals surface area contributed by atoms with Crippen LogP contribution in [-0.4, -0.2) is 17.5 Å². The van der Waals surface area contributed by atoms with E-state index in [1.165, 1.54) is 11.3 Å². The number of fused-ring (bicyclic) bond motifs is 1. The Labute approximate surface area is 180 Å². The third-order valence-electron chi connectivity index (χ3n) is 4.57. The Morgan fingerprint density at radius 3 is 2.47 bits per heavy atom. The van der Waals surface area contributed by atoms with Gasteiger partial charge in [0, 0.05) is 6.08 Å². The van der Waals surface area contributed by atoms with Crippen LogP contribution in [0, 0.1) is 0 Å². The van der Waals surface area contributed by atoms with Gasteiger partial charge in [-0.05, 0) is 36.3 Å². The second-order valence-corrected chi connectivity index (χ2v) is 7.70. The van der Waals surface area contributed by atoms with Crippen LogP contribution in [0.1, 0.15) is 18.1 Å². The standard InChI is InChI=1S/C25H22N2O2S/c1-2-29-21-14-9-15-22-24(21)26-25(30-22)27(18-20-12-7-4-8-13-20)23(28)17-16-19-10-5-3-6-11-19/h3-17H,2,18H2,1H3/b17-16+. The van der Waals surface area contributed by atoms with Gasteiger partial charge in [-0.2, -0.15) is 0 Å². The molecule has 0 bridgehead atoms. The molecule has 0 saturated heterocycles. The lowest BCUT2D eigenvalue weighted by Gasteiger charge is -2.18. The highest BCUT2D eigenvalue weighted by Crippen LogP contribution is 2.35. The number of thiazole rings is 1. The van der Waals surface area contributed by atoms with E-state index in [1.807, 2.05) is 91.9 Å². The number of anilines is 1. The van der Waals surface area contributed by atoms with Gasteiger partial charge in [0.15, 0.2) is 5.13 Å². The fraction of sp³-hybridized carbons (Fsp3) is 0.120. The Morgan fingerprint density at radius 2 is 1.73 bits per heavy atom. The molecule has 0 N–H and O–H groups in total. The van der Waals surface area contributed by atoms with Gasteiger partial charge in [-0.25, -0.2) is 4.98 Å². The molecule has 0 aliphatic heterocycles. The zero-order valence-corrected chi connectivity index (χ0v) is 17.5. The molecule has 4 aromatic rings. The molecule has 3 aromatic carbocycles. The van der Waals surface area contributed by atoms with Crippen LogP contribution in [0.25, 0.3) is 16.3 Å². The second-order valence-electron chi connectivity index (χ2n) is 6.69. The molecular weight excluding hydrogens is 392 g/mol. The molecule has 0 aliphatic carbocycles. The molecule has 0 spiro atoms. The van der Waals surface area contributed by atoms with Gasteiger partial charge in [-0.15, -0.1) is 0 Å². The molecule has 4 nitrogen and oxygen atoms in total. The molecule has 0 aliphatic rings. The zero-order chi connectivity index (χ0) is 20.8. The number of nitrogens with zero attached hydrogens (tertiary/aromatic N) is 2. The monoisotopic (exact) mass is 414 g/mol. The van der Waals surface area contributed by atoms with Gasteiger partial charge < -0.3 is 4.74 Å². The van der Waals surface area contributed by atoms with Crippen LogP contribution in [0.15, 0.2) is 84.9 Å². The van der Waals surface area contributed by atoms with Gasteiger partial charge in [0.25, 0.3) is 5.91 Å². The minimum atomic E-state index is -0.111. The van der Waals surface area contributed by atoms with E-state index in [-0.39, 0.29) is 5.91 Å². The summed E-state index contributed by atoms with van der Waals surface area (Å²) in [5.74, 6) is 0.629. The summed E-state index contributed by atoms with van der Waals surface area (Å²) in [5.41, 5.74) is 2.81. The van der Waals surface area contributed by atoms with Gasteiger partial charge in [0.2, 0.25) is 0 Å². The maximum atomic E-state index is 13.2. The quantitative estimate of drug-likeness (QED) is 0.351. The van der Waals surface area contributed by atoms with Crippen LogP contribution in [0.2, 0.25) is 0 Å². The third kappa shape index (κ3) is 4.58. The van der Waals surface area contributed by atoms with Gasteiger partial charge in [0.05, 0.1) is 17.9 Å². The van der Waals surface area contributed by atoms with E-state index in [0.29, 0.717) is 18.3 Å². The lowest BCUT2D eigenvalue weighted by atomic mass is 10.2. The minimum Gasteiger partial charge on any atom is -0.492 e. The summed E-state index contributed by atoms with van der Waals surface area (Å²) >= 11 is 1.49. The number of hydrogen-bond donors (Lipinski definition) is 0. The van der Waals surface area contributed by atoms with Crippen molar-refractivity contribution in [3.05, 3.63) is 96.1 Å². The fourth-order valence-electron chi connectivity index (χ4n) is 3.13. The predicted octanol–water partition coefficient (Wildman–Crippen LogP) is 5.94. The van der Waals surface area contributed by atoms with Crippen LogP contribution in [0.3, 0.4) is 0 Å². The number of rotatable bonds is 7. The number of amides is 1. The normalized spacial score (nSPS) is 11.1. The van der Waals surface area contributed by atoms with Crippen molar-refractivity contribution in [3.8, 4) is 5.75 Å². The van der Waals surface area contributed by atoms with Crippen LogP contribution >= 0.6 is 11.3 Å². The van der Waals surface area contributed by atoms with Crippen molar-refractivity contribution in [1.29, 1.82) is 0 Å². The smallest absolute Gasteiger partial charge is 0.253 e. The van der Waals surface area contributed by atoms with Gasteiger partial charge in [0.1, 0.15) is 11.3 Å². The molecule has 0 fully saturated rings. The molecule has 30 heavy (non-hydrogen) atoms. The van der Waals surface area contributed by atoms with E-state index in [4.69, 9.17) is 9.72 Å². The Balaban J connectivity index is 1.70. The molecule has 5 heteroatoms. The van der Waals surface area contributed by atoms with Crippen molar-refractivity contribution >= 4 is 38.7 Å². The molecule has 0 unspecified atom stereocenters. The SMILES string of the molecule is CCOc1cccc2sc(N(Cc3ccccc3)C(=O)/C=C/c3ccccc3)nc12. The average Bonchev–Trinajstić information content (AvgIpc) is 3.22. The van der Waals surface area contributed by atoms with Crippen LogP contribution in [0.4, 0.5) is 5.13 Å². The molecule has 150 valence electrons. The molecule has 1 amide bonds. The number of carbonyl (C=O) groups excluding carboxylic acids is 1. The highest BCUT2D eigenvalue weighted by molar-refractivity contribution is 7.22. The highest BCUT2D eigenvalue weighted by Gasteiger charge is 2.19. The Hall–Kier alpha value is -3.44. The number of hydrogen-bond acceptors (Lipinski definition) is 4. The highest BCUT2D eigenvalue weighted by atomic mass is 32.1. The number of benzene rings is 3. The van der Waals surface area contributed by atoms with Gasteiger partial charge in [-0.3, -0.25) is 9.69 Å².